The minimum atomic E-state index is -0.540. The summed E-state index contributed by atoms with van der Waals surface area (Å²) in [6.45, 7) is 0.236. The highest BCUT2D eigenvalue weighted by Gasteiger charge is 2.21. The van der Waals surface area contributed by atoms with Gasteiger partial charge in [0.25, 0.3) is 5.69 Å². The van der Waals surface area contributed by atoms with Gasteiger partial charge in [-0.2, -0.15) is 0 Å². The van der Waals surface area contributed by atoms with Crippen LogP contribution in [0.15, 0.2) is 48.5 Å². The number of halogens is 1. The van der Waals surface area contributed by atoms with E-state index in [4.69, 9.17) is 0 Å². The molecular weight excluding hydrogens is 355 g/mol. The summed E-state index contributed by atoms with van der Waals surface area (Å²) in [4.78, 5) is 36.2. The molecule has 0 unspecified atom stereocenters. The summed E-state index contributed by atoms with van der Waals surface area (Å²) < 4.78 is 17.7. The number of carbonyl (C=O) groups is 2. The fourth-order valence-corrected chi connectivity index (χ4v) is 2.54. The second kappa shape index (κ2) is 9.42. The average Bonchev–Trinajstić information content (AvgIpc) is 2.66. The molecule has 8 heteroatoms. The van der Waals surface area contributed by atoms with Gasteiger partial charge < -0.3 is 9.64 Å². The van der Waals surface area contributed by atoms with Crippen molar-refractivity contribution in [2.24, 2.45) is 0 Å². The number of methoxy groups -OCH3 is 1. The Hall–Kier alpha value is -3.29. The van der Waals surface area contributed by atoms with E-state index < -0.39 is 16.7 Å². The van der Waals surface area contributed by atoms with E-state index in [0.717, 1.165) is 0 Å². The van der Waals surface area contributed by atoms with E-state index in [-0.39, 0.29) is 43.1 Å². The zero-order chi connectivity index (χ0) is 19.8. The molecule has 0 heterocycles. The standard InChI is InChI=1S/C19H19FN2O5/c1-27-19(24)10-11-21(13-14-6-8-16(20)9-7-14)18(23)12-15-4-2-3-5-17(15)22(25)26/h2-9H,10-13H2,1H3. The summed E-state index contributed by atoms with van der Waals surface area (Å²) in [6.07, 6.45) is -0.195. The maximum absolute atomic E-state index is 13.1. The summed E-state index contributed by atoms with van der Waals surface area (Å²) in [7, 11) is 1.25. The lowest BCUT2D eigenvalue weighted by molar-refractivity contribution is -0.385. The van der Waals surface area contributed by atoms with Crippen molar-refractivity contribution in [1.29, 1.82) is 0 Å². The zero-order valence-electron chi connectivity index (χ0n) is 14.8. The Balaban J connectivity index is 2.18. The van der Waals surface area contributed by atoms with Gasteiger partial charge in [0, 0.05) is 24.7 Å². The molecule has 0 N–H and O–H groups in total. The van der Waals surface area contributed by atoms with Crippen molar-refractivity contribution < 1.29 is 23.6 Å². The number of carbonyl (C=O) groups excluding carboxylic acids is 2. The van der Waals surface area contributed by atoms with Gasteiger partial charge >= 0.3 is 5.97 Å². The highest BCUT2D eigenvalue weighted by molar-refractivity contribution is 5.80. The van der Waals surface area contributed by atoms with Gasteiger partial charge in [-0.15, -0.1) is 0 Å². The first kappa shape index (κ1) is 20.0. The third-order valence-electron chi connectivity index (χ3n) is 3.98. The number of amides is 1. The number of nitrogens with zero attached hydrogens (tertiary/aromatic N) is 2. The third kappa shape index (κ3) is 5.88. The van der Waals surface area contributed by atoms with Crippen LogP contribution in [0.4, 0.5) is 10.1 Å². The van der Waals surface area contributed by atoms with Crippen molar-refractivity contribution in [2.45, 2.75) is 19.4 Å². The van der Waals surface area contributed by atoms with Crippen LogP contribution in [0.3, 0.4) is 0 Å². The molecule has 0 fully saturated rings. The van der Waals surface area contributed by atoms with Gasteiger partial charge in [0.15, 0.2) is 0 Å². The van der Waals surface area contributed by atoms with Gasteiger partial charge in [0.2, 0.25) is 5.91 Å². The molecule has 0 spiro atoms. The number of benzene rings is 2. The molecule has 1 amide bonds. The SMILES string of the molecule is COC(=O)CCN(Cc1ccc(F)cc1)C(=O)Cc1ccccc1[N+](=O)[O-]. The molecule has 142 valence electrons. The van der Waals surface area contributed by atoms with E-state index in [1.165, 1.54) is 42.3 Å². The number of esters is 1. The Kier molecular flexibility index (Phi) is 6.99. The lowest BCUT2D eigenvalue weighted by atomic mass is 10.1. The van der Waals surface area contributed by atoms with Crippen LogP contribution in [0.2, 0.25) is 0 Å². The molecule has 0 saturated carbocycles. The van der Waals surface area contributed by atoms with Crippen LogP contribution >= 0.6 is 0 Å². The smallest absolute Gasteiger partial charge is 0.307 e. The summed E-state index contributed by atoms with van der Waals surface area (Å²) in [6, 6.07) is 11.6. The van der Waals surface area contributed by atoms with Crippen molar-refractivity contribution in [1.82, 2.24) is 4.90 Å². The van der Waals surface area contributed by atoms with Gasteiger partial charge in [0.1, 0.15) is 5.82 Å². The largest absolute Gasteiger partial charge is 0.469 e. The van der Waals surface area contributed by atoms with Gasteiger partial charge in [-0.3, -0.25) is 19.7 Å². The second-order valence-electron chi connectivity index (χ2n) is 5.83. The molecule has 0 aliphatic rings. The molecule has 0 aromatic heterocycles. The Labute approximate surface area is 155 Å². The van der Waals surface area contributed by atoms with E-state index in [1.54, 1.807) is 18.2 Å². The molecule has 0 radical (unpaired) electrons. The topological polar surface area (TPSA) is 89.8 Å². The lowest BCUT2D eigenvalue weighted by Gasteiger charge is -2.22. The van der Waals surface area contributed by atoms with Crippen molar-refractivity contribution in [3.63, 3.8) is 0 Å². The van der Waals surface area contributed by atoms with Crippen LogP contribution in [0.25, 0.3) is 0 Å². The van der Waals surface area contributed by atoms with Crippen LogP contribution in [-0.2, 0) is 27.3 Å². The van der Waals surface area contributed by atoms with Crippen molar-refractivity contribution in [2.75, 3.05) is 13.7 Å². The van der Waals surface area contributed by atoms with Crippen molar-refractivity contribution >= 4 is 17.6 Å². The maximum atomic E-state index is 13.1. The number of ether oxygens (including phenoxy) is 1. The van der Waals surface area contributed by atoms with Gasteiger partial charge in [0.05, 0.1) is 24.9 Å². The summed E-state index contributed by atoms with van der Waals surface area (Å²) in [5.74, 6) is -1.25. The minimum absolute atomic E-state index is 0.0136. The molecule has 7 nitrogen and oxygen atoms in total. The predicted octanol–water partition coefficient (Wildman–Crippen LogP) is 2.87. The van der Waals surface area contributed by atoms with Crippen LogP contribution in [0.1, 0.15) is 17.5 Å². The fourth-order valence-electron chi connectivity index (χ4n) is 2.54. The molecule has 0 aliphatic heterocycles. The number of nitro benzene ring substituents is 1. The molecule has 2 rings (SSSR count). The minimum Gasteiger partial charge on any atom is -0.469 e. The Bertz CT molecular complexity index is 823. The molecule has 0 bridgehead atoms. The molecule has 0 aliphatic carbocycles. The van der Waals surface area contributed by atoms with E-state index >= 15 is 0 Å². The third-order valence-corrected chi connectivity index (χ3v) is 3.98. The maximum Gasteiger partial charge on any atom is 0.307 e. The number of hydrogen-bond donors (Lipinski definition) is 0. The second-order valence-corrected chi connectivity index (χ2v) is 5.83. The fraction of sp³-hybridized carbons (Fsp3) is 0.263. The van der Waals surface area contributed by atoms with Crippen LogP contribution in [0, 0.1) is 15.9 Å². The Morgan fingerprint density at radius 1 is 1.15 bits per heavy atom. The van der Waals surface area contributed by atoms with Crippen molar-refractivity contribution in [3.8, 4) is 0 Å². The summed E-state index contributed by atoms with van der Waals surface area (Å²) in [5.41, 5.74) is 0.826. The van der Waals surface area contributed by atoms with E-state index in [2.05, 4.69) is 4.74 Å². The van der Waals surface area contributed by atoms with E-state index in [1.807, 2.05) is 0 Å². The Morgan fingerprint density at radius 2 is 1.81 bits per heavy atom. The van der Waals surface area contributed by atoms with Crippen LogP contribution in [0.5, 0.6) is 0 Å². The number of hydrogen-bond acceptors (Lipinski definition) is 5. The summed E-state index contributed by atoms with van der Waals surface area (Å²) in [5, 5.41) is 11.1. The number of para-hydroxylation sites is 1. The van der Waals surface area contributed by atoms with Gasteiger partial charge in [-0.25, -0.2) is 4.39 Å². The zero-order valence-corrected chi connectivity index (χ0v) is 14.8. The highest BCUT2D eigenvalue weighted by atomic mass is 19.1. The molecular formula is C19H19FN2O5. The normalized spacial score (nSPS) is 10.3. The molecule has 0 atom stereocenters. The Morgan fingerprint density at radius 3 is 2.44 bits per heavy atom. The van der Waals surface area contributed by atoms with E-state index in [9.17, 15) is 24.1 Å². The van der Waals surface area contributed by atoms with Gasteiger partial charge in [-0.1, -0.05) is 30.3 Å². The molecule has 2 aromatic rings. The number of rotatable bonds is 8. The molecule has 0 saturated heterocycles. The monoisotopic (exact) mass is 374 g/mol. The lowest BCUT2D eigenvalue weighted by Crippen LogP contribution is -2.34. The predicted molar refractivity (Wildman–Crippen MR) is 95.3 cm³/mol. The van der Waals surface area contributed by atoms with Crippen LogP contribution in [-0.4, -0.2) is 35.4 Å². The van der Waals surface area contributed by atoms with Crippen LogP contribution < -0.4 is 0 Å². The van der Waals surface area contributed by atoms with Crippen molar-refractivity contribution in [3.05, 3.63) is 75.6 Å². The molecule has 27 heavy (non-hydrogen) atoms. The average molecular weight is 374 g/mol. The number of nitro groups is 1. The first-order chi connectivity index (χ1) is 12.9. The first-order valence-electron chi connectivity index (χ1n) is 8.22. The van der Waals surface area contributed by atoms with E-state index in [0.29, 0.717) is 5.56 Å². The highest BCUT2D eigenvalue weighted by Crippen LogP contribution is 2.19. The quantitative estimate of drug-likeness (QED) is 0.403. The summed E-state index contributed by atoms with van der Waals surface area (Å²) >= 11 is 0. The molecule has 2 aromatic carbocycles. The van der Waals surface area contributed by atoms with Gasteiger partial charge in [-0.05, 0) is 17.7 Å². The first-order valence-corrected chi connectivity index (χ1v) is 8.22.